The average molecular weight is 391 g/mol. The molecule has 2 aromatic carbocycles. The molecule has 0 saturated heterocycles. The molecule has 0 saturated carbocycles. The number of carbonyl (C=O) groups excluding carboxylic acids is 1. The standard InChI is InChI=1S/C21H21N5O3/c1-14-6-3-4-9-17(14)23-21-25-18(24-20(22)26-21)13-29-19(27)11-10-15-7-5-8-16(12-15)28-2/h3-12H,13H2,1-2H3,(H3,22,23,24,25,26)/b11-10+. The van der Waals surface area contributed by atoms with Gasteiger partial charge in [0, 0.05) is 11.8 Å². The molecule has 1 aromatic heterocycles. The maximum atomic E-state index is 12.0. The molecule has 0 amide bonds. The third-order valence-electron chi connectivity index (χ3n) is 3.94. The van der Waals surface area contributed by atoms with Crippen molar-refractivity contribution in [1.82, 2.24) is 15.0 Å². The third kappa shape index (κ3) is 5.77. The minimum Gasteiger partial charge on any atom is -0.497 e. The fourth-order valence-electron chi connectivity index (χ4n) is 2.49. The van der Waals surface area contributed by atoms with Crippen molar-refractivity contribution in [2.75, 3.05) is 18.2 Å². The molecule has 148 valence electrons. The van der Waals surface area contributed by atoms with Crippen molar-refractivity contribution >= 4 is 29.6 Å². The number of aromatic nitrogens is 3. The number of ether oxygens (including phenoxy) is 2. The number of nitrogens with zero attached hydrogens (tertiary/aromatic N) is 3. The minimum absolute atomic E-state index is 0.0362. The number of esters is 1. The number of carbonyl (C=O) groups is 1. The number of para-hydroxylation sites is 1. The van der Waals surface area contributed by atoms with E-state index in [1.165, 1.54) is 6.08 Å². The third-order valence-corrected chi connectivity index (χ3v) is 3.94. The van der Waals surface area contributed by atoms with E-state index in [-0.39, 0.29) is 24.3 Å². The molecule has 0 spiro atoms. The zero-order valence-electron chi connectivity index (χ0n) is 16.1. The molecule has 3 rings (SSSR count). The van der Waals surface area contributed by atoms with Crippen LogP contribution in [0.15, 0.2) is 54.6 Å². The van der Waals surface area contributed by atoms with Gasteiger partial charge in [-0.3, -0.25) is 0 Å². The number of benzene rings is 2. The van der Waals surface area contributed by atoms with Crippen molar-refractivity contribution in [2.45, 2.75) is 13.5 Å². The molecule has 0 atom stereocenters. The summed E-state index contributed by atoms with van der Waals surface area (Å²) >= 11 is 0. The number of nitrogens with two attached hydrogens (primary N) is 1. The first-order valence-electron chi connectivity index (χ1n) is 8.85. The van der Waals surface area contributed by atoms with E-state index in [0.29, 0.717) is 5.75 Å². The number of hydrogen-bond acceptors (Lipinski definition) is 8. The molecule has 0 aliphatic rings. The normalized spacial score (nSPS) is 10.7. The quantitative estimate of drug-likeness (QED) is 0.466. The lowest BCUT2D eigenvalue weighted by Gasteiger charge is -2.09. The summed E-state index contributed by atoms with van der Waals surface area (Å²) in [6.45, 7) is 1.83. The second-order valence-corrected chi connectivity index (χ2v) is 6.09. The number of anilines is 3. The van der Waals surface area contributed by atoms with Crippen LogP contribution in [0.3, 0.4) is 0 Å². The van der Waals surface area contributed by atoms with Gasteiger partial charge in [0.15, 0.2) is 12.4 Å². The van der Waals surface area contributed by atoms with Crippen LogP contribution in [0.1, 0.15) is 17.0 Å². The smallest absolute Gasteiger partial charge is 0.331 e. The molecular weight excluding hydrogens is 370 g/mol. The van der Waals surface area contributed by atoms with E-state index in [0.717, 1.165) is 16.8 Å². The predicted octanol–water partition coefficient (Wildman–Crippen LogP) is 3.27. The fraction of sp³-hybridized carbons (Fsp3) is 0.143. The van der Waals surface area contributed by atoms with E-state index in [2.05, 4.69) is 20.3 Å². The molecular formula is C21H21N5O3. The number of hydrogen-bond donors (Lipinski definition) is 2. The summed E-state index contributed by atoms with van der Waals surface area (Å²) < 4.78 is 10.3. The second-order valence-electron chi connectivity index (χ2n) is 6.09. The Bertz CT molecular complexity index is 1040. The van der Waals surface area contributed by atoms with Crippen molar-refractivity contribution in [3.05, 3.63) is 71.6 Å². The van der Waals surface area contributed by atoms with Crippen LogP contribution in [-0.2, 0) is 16.1 Å². The van der Waals surface area contributed by atoms with Crippen LogP contribution < -0.4 is 15.8 Å². The van der Waals surface area contributed by atoms with Crippen LogP contribution in [0.2, 0.25) is 0 Å². The van der Waals surface area contributed by atoms with Crippen LogP contribution in [0, 0.1) is 6.92 Å². The molecule has 0 radical (unpaired) electrons. The summed E-state index contributed by atoms with van der Waals surface area (Å²) in [6, 6.07) is 15.0. The number of aryl methyl sites for hydroxylation is 1. The van der Waals surface area contributed by atoms with Gasteiger partial charge in [0.2, 0.25) is 11.9 Å². The summed E-state index contributed by atoms with van der Waals surface area (Å²) in [5, 5.41) is 3.09. The highest BCUT2D eigenvalue weighted by molar-refractivity contribution is 5.87. The lowest BCUT2D eigenvalue weighted by atomic mass is 10.2. The number of rotatable bonds is 7. The molecule has 3 aromatic rings. The van der Waals surface area contributed by atoms with Crippen LogP contribution >= 0.6 is 0 Å². The SMILES string of the molecule is COc1cccc(/C=C/C(=O)OCc2nc(N)nc(Nc3ccccc3C)n2)c1. The topological polar surface area (TPSA) is 112 Å². The molecule has 3 N–H and O–H groups in total. The summed E-state index contributed by atoms with van der Waals surface area (Å²) in [6.07, 6.45) is 2.96. The zero-order chi connectivity index (χ0) is 20.6. The maximum absolute atomic E-state index is 12.0. The zero-order valence-corrected chi connectivity index (χ0v) is 16.1. The second kappa shape index (κ2) is 9.32. The molecule has 0 bridgehead atoms. The largest absolute Gasteiger partial charge is 0.497 e. The van der Waals surface area contributed by atoms with Gasteiger partial charge in [-0.2, -0.15) is 15.0 Å². The first kappa shape index (κ1) is 19.8. The highest BCUT2D eigenvalue weighted by atomic mass is 16.5. The minimum atomic E-state index is -0.528. The van der Waals surface area contributed by atoms with Crippen molar-refractivity contribution in [2.24, 2.45) is 0 Å². The van der Waals surface area contributed by atoms with E-state index in [1.807, 2.05) is 49.4 Å². The van der Waals surface area contributed by atoms with E-state index < -0.39 is 5.97 Å². The molecule has 8 heteroatoms. The Kier molecular flexibility index (Phi) is 6.36. The lowest BCUT2D eigenvalue weighted by molar-refractivity contribution is -0.139. The Morgan fingerprint density at radius 1 is 1.14 bits per heavy atom. The molecule has 29 heavy (non-hydrogen) atoms. The van der Waals surface area contributed by atoms with E-state index in [9.17, 15) is 4.79 Å². The predicted molar refractivity (Wildman–Crippen MR) is 111 cm³/mol. The van der Waals surface area contributed by atoms with Crippen molar-refractivity contribution in [3.63, 3.8) is 0 Å². The number of nitrogen functional groups attached to an aromatic ring is 1. The number of nitrogens with one attached hydrogen (secondary N) is 1. The van der Waals surface area contributed by atoms with Crippen molar-refractivity contribution in [3.8, 4) is 5.75 Å². The van der Waals surface area contributed by atoms with Crippen LogP contribution in [-0.4, -0.2) is 28.0 Å². The monoisotopic (exact) mass is 391 g/mol. The lowest BCUT2D eigenvalue weighted by Crippen LogP contribution is -2.10. The van der Waals surface area contributed by atoms with E-state index in [1.54, 1.807) is 19.3 Å². The van der Waals surface area contributed by atoms with Gasteiger partial charge in [0.05, 0.1) is 7.11 Å². The highest BCUT2D eigenvalue weighted by Crippen LogP contribution is 2.18. The van der Waals surface area contributed by atoms with Gasteiger partial charge in [-0.05, 0) is 42.3 Å². The summed E-state index contributed by atoms with van der Waals surface area (Å²) in [4.78, 5) is 24.3. The van der Waals surface area contributed by atoms with Gasteiger partial charge >= 0.3 is 5.97 Å². The van der Waals surface area contributed by atoms with Crippen molar-refractivity contribution < 1.29 is 14.3 Å². The first-order valence-corrected chi connectivity index (χ1v) is 8.85. The van der Waals surface area contributed by atoms with Gasteiger partial charge < -0.3 is 20.5 Å². The number of methoxy groups -OCH3 is 1. The summed E-state index contributed by atoms with van der Waals surface area (Å²) in [7, 11) is 1.58. The van der Waals surface area contributed by atoms with Gasteiger partial charge in [-0.1, -0.05) is 30.3 Å². The van der Waals surface area contributed by atoms with Gasteiger partial charge in [0.1, 0.15) is 5.75 Å². The van der Waals surface area contributed by atoms with Gasteiger partial charge in [0.25, 0.3) is 0 Å². The first-order chi connectivity index (χ1) is 14.0. The molecule has 0 unspecified atom stereocenters. The van der Waals surface area contributed by atoms with Gasteiger partial charge in [-0.15, -0.1) is 0 Å². The Balaban J connectivity index is 1.62. The maximum Gasteiger partial charge on any atom is 0.331 e. The van der Waals surface area contributed by atoms with Crippen LogP contribution in [0.5, 0.6) is 5.75 Å². The molecule has 0 aliphatic carbocycles. The highest BCUT2D eigenvalue weighted by Gasteiger charge is 2.08. The Morgan fingerprint density at radius 3 is 2.76 bits per heavy atom. The van der Waals surface area contributed by atoms with Crippen LogP contribution in [0.4, 0.5) is 17.6 Å². The fourth-order valence-corrected chi connectivity index (χ4v) is 2.49. The summed E-state index contributed by atoms with van der Waals surface area (Å²) in [5.41, 5.74) is 8.45. The average Bonchev–Trinajstić information content (AvgIpc) is 2.72. The summed E-state index contributed by atoms with van der Waals surface area (Å²) in [5.74, 6) is 0.741. The van der Waals surface area contributed by atoms with E-state index >= 15 is 0 Å². The Labute approximate surface area is 168 Å². The van der Waals surface area contributed by atoms with Gasteiger partial charge in [-0.25, -0.2) is 4.79 Å². The van der Waals surface area contributed by atoms with Crippen LogP contribution in [0.25, 0.3) is 6.08 Å². The van der Waals surface area contributed by atoms with Crippen molar-refractivity contribution in [1.29, 1.82) is 0 Å². The Morgan fingerprint density at radius 2 is 1.97 bits per heavy atom. The molecule has 0 aliphatic heterocycles. The molecule has 8 nitrogen and oxygen atoms in total. The van der Waals surface area contributed by atoms with E-state index in [4.69, 9.17) is 15.2 Å². The Hall–Kier alpha value is -3.94. The molecule has 1 heterocycles. The molecule has 0 fully saturated rings.